The minimum Gasteiger partial charge on any atom is -0.314 e. The minimum atomic E-state index is -3.74. The molecule has 0 spiro atoms. The summed E-state index contributed by atoms with van der Waals surface area (Å²) in [7, 11) is -3.74. The second kappa shape index (κ2) is 6.21. The number of hydrogen-bond acceptors (Lipinski definition) is 3. The second-order valence-corrected chi connectivity index (χ2v) is 7.17. The third-order valence-corrected chi connectivity index (χ3v) is 5.37. The van der Waals surface area contributed by atoms with E-state index in [2.05, 4.69) is 20.7 Å². The Balaban J connectivity index is 2.37. The van der Waals surface area contributed by atoms with Gasteiger partial charge < -0.3 is 4.57 Å². The fraction of sp³-hybridized carbons (Fsp3) is 0.154. The lowest BCUT2D eigenvalue weighted by atomic mass is 10.4. The molecule has 2 aromatic rings. The Bertz CT molecular complexity index is 834. The summed E-state index contributed by atoms with van der Waals surface area (Å²) in [6, 6.07) is 7.06. The van der Waals surface area contributed by atoms with Crippen LogP contribution in [0.5, 0.6) is 0 Å². The highest BCUT2D eigenvalue weighted by molar-refractivity contribution is 9.10. The van der Waals surface area contributed by atoms with Gasteiger partial charge in [0, 0.05) is 23.3 Å². The van der Waals surface area contributed by atoms with Gasteiger partial charge in [0.05, 0.1) is 15.6 Å². The molecule has 1 aromatic heterocycles. The smallest absolute Gasteiger partial charge is 0.261 e. The number of aromatic nitrogens is 1. The minimum absolute atomic E-state index is 0.0769. The van der Waals surface area contributed by atoms with Gasteiger partial charge in [0.1, 0.15) is 0 Å². The van der Waals surface area contributed by atoms with Crippen molar-refractivity contribution in [1.29, 1.82) is 0 Å². The Kier molecular flexibility index (Phi) is 4.75. The van der Waals surface area contributed by atoms with E-state index in [1.165, 1.54) is 41.1 Å². The van der Waals surface area contributed by atoms with Crippen molar-refractivity contribution in [2.45, 2.75) is 18.4 Å². The monoisotopic (exact) mass is 390 g/mol. The number of rotatable bonds is 4. The predicted molar refractivity (Wildman–Crippen MR) is 86.3 cm³/mol. The van der Waals surface area contributed by atoms with E-state index in [0.29, 0.717) is 21.7 Å². The molecule has 1 N–H and O–H groups in total. The summed E-state index contributed by atoms with van der Waals surface area (Å²) < 4.78 is 28.9. The van der Waals surface area contributed by atoms with E-state index in [1.807, 2.05) is 0 Å². The Hall–Kier alpha value is -1.31. The molecule has 0 bridgehead atoms. The number of hydrogen-bond donors (Lipinski definition) is 1. The lowest BCUT2D eigenvalue weighted by molar-refractivity contribution is 0.601. The maximum Gasteiger partial charge on any atom is 0.261 e. The molecule has 0 aliphatic rings. The first kappa shape index (κ1) is 16.1. The van der Waals surface area contributed by atoms with Crippen molar-refractivity contribution in [2.24, 2.45) is 0 Å². The van der Waals surface area contributed by atoms with Crippen molar-refractivity contribution in [3.8, 4) is 0 Å². The fourth-order valence-corrected chi connectivity index (χ4v) is 3.41. The highest BCUT2D eigenvalue weighted by Gasteiger charge is 2.16. The van der Waals surface area contributed by atoms with Crippen LogP contribution in [0.3, 0.4) is 0 Å². The van der Waals surface area contributed by atoms with Crippen LogP contribution in [0, 0.1) is 0 Å². The quantitative estimate of drug-likeness (QED) is 0.871. The molecule has 5 nitrogen and oxygen atoms in total. The molecule has 112 valence electrons. The Morgan fingerprint density at radius 1 is 1.29 bits per heavy atom. The van der Waals surface area contributed by atoms with Crippen LogP contribution in [-0.4, -0.2) is 13.0 Å². The predicted octanol–water partition coefficient (Wildman–Crippen LogP) is 3.08. The van der Waals surface area contributed by atoms with Gasteiger partial charge in [0.25, 0.3) is 15.6 Å². The summed E-state index contributed by atoms with van der Waals surface area (Å²) in [5.74, 6) is 0. The van der Waals surface area contributed by atoms with Crippen LogP contribution in [-0.2, 0) is 16.6 Å². The number of nitrogens with one attached hydrogen (secondary N) is 1. The zero-order valence-electron chi connectivity index (χ0n) is 11.0. The second-order valence-electron chi connectivity index (χ2n) is 4.22. The largest absolute Gasteiger partial charge is 0.314 e. The van der Waals surface area contributed by atoms with E-state index in [-0.39, 0.29) is 10.5 Å². The maximum atomic E-state index is 12.3. The van der Waals surface area contributed by atoms with Gasteiger partial charge in [0.2, 0.25) is 0 Å². The molecule has 0 saturated carbocycles. The van der Waals surface area contributed by atoms with E-state index in [9.17, 15) is 13.2 Å². The van der Waals surface area contributed by atoms with Gasteiger partial charge in [0.15, 0.2) is 0 Å². The van der Waals surface area contributed by atoms with Crippen molar-refractivity contribution < 1.29 is 8.42 Å². The molecule has 0 unspecified atom stereocenters. The van der Waals surface area contributed by atoms with E-state index in [0.717, 1.165) is 0 Å². The van der Waals surface area contributed by atoms with Crippen LogP contribution in [0.15, 0.2) is 50.7 Å². The molecule has 0 saturated heterocycles. The summed E-state index contributed by atoms with van der Waals surface area (Å²) in [4.78, 5) is 11.6. The van der Waals surface area contributed by atoms with Gasteiger partial charge >= 0.3 is 0 Å². The summed E-state index contributed by atoms with van der Waals surface area (Å²) in [6.45, 7) is 2.26. The van der Waals surface area contributed by atoms with Crippen LogP contribution >= 0.6 is 27.5 Å². The van der Waals surface area contributed by atoms with Crippen LogP contribution in [0.4, 0.5) is 5.69 Å². The Morgan fingerprint density at radius 3 is 2.62 bits per heavy atom. The summed E-state index contributed by atoms with van der Waals surface area (Å²) >= 11 is 9.03. The van der Waals surface area contributed by atoms with Gasteiger partial charge in [-0.1, -0.05) is 11.6 Å². The Morgan fingerprint density at radius 2 is 2.00 bits per heavy atom. The van der Waals surface area contributed by atoms with E-state index < -0.39 is 10.0 Å². The molecule has 8 heteroatoms. The molecule has 0 aliphatic carbocycles. The maximum absolute atomic E-state index is 12.3. The lowest BCUT2D eigenvalue weighted by Gasteiger charge is -2.10. The molecule has 0 radical (unpaired) electrons. The topological polar surface area (TPSA) is 68.2 Å². The average Bonchev–Trinajstić information content (AvgIpc) is 2.43. The highest BCUT2D eigenvalue weighted by atomic mass is 79.9. The first-order valence-corrected chi connectivity index (χ1v) is 8.67. The molecule has 21 heavy (non-hydrogen) atoms. The van der Waals surface area contributed by atoms with Gasteiger partial charge in [-0.05, 0) is 47.1 Å². The SMILES string of the molecule is CCn1cc(NS(=O)(=O)c2ccc(Cl)c(Br)c2)ccc1=O. The average molecular weight is 392 g/mol. The summed E-state index contributed by atoms with van der Waals surface area (Å²) in [5, 5.41) is 0.425. The molecule has 0 atom stereocenters. The number of benzene rings is 1. The normalized spacial score (nSPS) is 11.4. The molecular formula is C13H12BrClN2O3S. The third kappa shape index (κ3) is 3.66. The summed E-state index contributed by atoms with van der Waals surface area (Å²) in [6.07, 6.45) is 1.46. The van der Waals surface area contributed by atoms with Gasteiger partial charge in [-0.3, -0.25) is 9.52 Å². The van der Waals surface area contributed by atoms with E-state index in [1.54, 1.807) is 6.92 Å². The van der Waals surface area contributed by atoms with E-state index in [4.69, 9.17) is 11.6 Å². The molecule has 1 heterocycles. The van der Waals surface area contributed by atoms with Crippen LogP contribution in [0.1, 0.15) is 6.92 Å². The standard InChI is InChI=1S/C13H12BrClN2O3S/c1-2-17-8-9(3-6-13(17)18)16-21(19,20)10-4-5-12(15)11(14)7-10/h3-8,16H,2H2,1H3. The van der Waals surface area contributed by atoms with Crippen molar-refractivity contribution in [3.63, 3.8) is 0 Å². The van der Waals surface area contributed by atoms with Crippen molar-refractivity contribution in [2.75, 3.05) is 4.72 Å². The first-order valence-electron chi connectivity index (χ1n) is 6.02. The molecule has 2 rings (SSSR count). The molecular weight excluding hydrogens is 380 g/mol. The molecule has 0 aliphatic heterocycles. The highest BCUT2D eigenvalue weighted by Crippen LogP contribution is 2.26. The lowest BCUT2D eigenvalue weighted by Crippen LogP contribution is -2.20. The fourth-order valence-electron chi connectivity index (χ4n) is 1.70. The number of nitrogens with zero attached hydrogens (tertiary/aromatic N) is 1. The van der Waals surface area contributed by atoms with Gasteiger partial charge in [-0.2, -0.15) is 0 Å². The summed E-state index contributed by atoms with van der Waals surface area (Å²) in [5.41, 5.74) is 0.136. The number of pyridine rings is 1. The van der Waals surface area contributed by atoms with Gasteiger partial charge in [-0.15, -0.1) is 0 Å². The van der Waals surface area contributed by atoms with Crippen LogP contribution in [0.2, 0.25) is 5.02 Å². The van der Waals surface area contributed by atoms with Crippen LogP contribution < -0.4 is 10.3 Å². The molecule has 1 aromatic carbocycles. The van der Waals surface area contributed by atoms with Gasteiger partial charge in [-0.25, -0.2) is 8.42 Å². The molecule has 0 fully saturated rings. The Labute approximate surface area is 135 Å². The molecule has 0 amide bonds. The number of sulfonamides is 1. The van der Waals surface area contributed by atoms with Crippen molar-refractivity contribution in [3.05, 3.63) is 56.4 Å². The van der Waals surface area contributed by atoms with E-state index >= 15 is 0 Å². The zero-order chi connectivity index (χ0) is 15.6. The van der Waals surface area contributed by atoms with Crippen LogP contribution in [0.25, 0.3) is 0 Å². The van der Waals surface area contributed by atoms with Crippen molar-refractivity contribution >= 4 is 43.2 Å². The third-order valence-electron chi connectivity index (χ3n) is 2.78. The number of anilines is 1. The number of halogens is 2. The number of aryl methyl sites for hydroxylation is 1. The van der Waals surface area contributed by atoms with Crippen molar-refractivity contribution in [1.82, 2.24) is 4.57 Å². The zero-order valence-corrected chi connectivity index (χ0v) is 14.2. The first-order chi connectivity index (χ1) is 9.83.